The number of nitrogens with one attached hydrogen (secondary N) is 1. The minimum atomic E-state index is -0.281. The quantitative estimate of drug-likeness (QED) is 0.840. The molecule has 1 atom stereocenters. The molecule has 0 saturated carbocycles. The summed E-state index contributed by atoms with van der Waals surface area (Å²) in [6.07, 6.45) is 0. The van der Waals surface area contributed by atoms with Crippen LogP contribution < -0.4 is 5.32 Å². The number of aromatic nitrogens is 2. The van der Waals surface area contributed by atoms with Crippen molar-refractivity contribution in [2.75, 3.05) is 5.32 Å². The number of alkyl halides is 1. The first kappa shape index (κ1) is 12.9. The Morgan fingerprint density at radius 2 is 1.78 bits per heavy atom. The molecule has 5 heteroatoms. The number of rotatable bonds is 4. The van der Waals surface area contributed by atoms with Crippen molar-refractivity contribution < 1.29 is 4.42 Å². The van der Waals surface area contributed by atoms with Crippen molar-refractivity contribution in [2.45, 2.75) is 32.1 Å². The van der Waals surface area contributed by atoms with Gasteiger partial charge in [-0.05, 0) is 30.5 Å². The van der Waals surface area contributed by atoms with E-state index in [4.69, 9.17) is 16.0 Å². The predicted molar refractivity (Wildman–Crippen MR) is 72.4 cm³/mol. The van der Waals surface area contributed by atoms with Gasteiger partial charge in [-0.25, -0.2) is 0 Å². The largest absolute Gasteiger partial charge is 0.406 e. The zero-order chi connectivity index (χ0) is 13.1. The number of hydrogen-bond donors (Lipinski definition) is 1. The molecule has 0 bridgehead atoms. The molecule has 0 spiro atoms. The SMILES string of the molecule is CC(C)c1ccc(Nc2nnc(C(C)Cl)o2)cc1. The zero-order valence-corrected chi connectivity index (χ0v) is 11.4. The molecule has 1 N–H and O–H groups in total. The molecule has 2 aromatic rings. The van der Waals surface area contributed by atoms with E-state index in [1.165, 1.54) is 5.56 Å². The normalized spacial score (nSPS) is 12.7. The van der Waals surface area contributed by atoms with E-state index in [0.29, 0.717) is 17.8 Å². The number of halogens is 1. The van der Waals surface area contributed by atoms with Crippen LogP contribution in [0.2, 0.25) is 0 Å². The first-order chi connectivity index (χ1) is 8.56. The molecule has 1 unspecified atom stereocenters. The van der Waals surface area contributed by atoms with E-state index >= 15 is 0 Å². The van der Waals surface area contributed by atoms with Gasteiger partial charge in [0.15, 0.2) is 0 Å². The Kier molecular flexibility index (Phi) is 3.87. The molecule has 18 heavy (non-hydrogen) atoms. The molecule has 0 fully saturated rings. The smallest absolute Gasteiger partial charge is 0.320 e. The molecule has 1 aromatic heterocycles. The molecule has 0 radical (unpaired) electrons. The van der Waals surface area contributed by atoms with E-state index in [1.807, 2.05) is 12.1 Å². The van der Waals surface area contributed by atoms with Gasteiger partial charge in [-0.15, -0.1) is 16.7 Å². The summed E-state index contributed by atoms with van der Waals surface area (Å²) in [7, 11) is 0. The van der Waals surface area contributed by atoms with Crippen LogP contribution in [0.3, 0.4) is 0 Å². The molecule has 0 saturated heterocycles. The van der Waals surface area contributed by atoms with Gasteiger partial charge in [-0.3, -0.25) is 0 Å². The lowest BCUT2D eigenvalue weighted by Gasteiger charge is -2.06. The van der Waals surface area contributed by atoms with Crippen molar-refractivity contribution in [2.24, 2.45) is 0 Å². The van der Waals surface area contributed by atoms with E-state index in [1.54, 1.807) is 6.92 Å². The highest BCUT2D eigenvalue weighted by Gasteiger charge is 2.11. The summed E-state index contributed by atoms with van der Waals surface area (Å²) < 4.78 is 5.36. The first-order valence-corrected chi connectivity index (χ1v) is 6.34. The maximum atomic E-state index is 5.85. The Morgan fingerprint density at radius 1 is 1.11 bits per heavy atom. The number of nitrogens with zero attached hydrogens (tertiary/aromatic N) is 2. The second kappa shape index (κ2) is 5.40. The van der Waals surface area contributed by atoms with E-state index in [9.17, 15) is 0 Å². The minimum absolute atomic E-state index is 0.281. The first-order valence-electron chi connectivity index (χ1n) is 5.90. The lowest BCUT2D eigenvalue weighted by Crippen LogP contribution is -1.92. The molecule has 0 aliphatic heterocycles. The van der Waals surface area contributed by atoms with Crippen LogP contribution >= 0.6 is 11.6 Å². The van der Waals surface area contributed by atoms with Crippen molar-refractivity contribution in [3.8, 4) is 0 Å². The summed E-state index contributed by atoms with van der Waals surface area (Å²) in [6.45, 7) is 6.11. The summed E-state index contributed by atoms with van der Waals surface area (Å²) >= 11 is 5.85. The van der Waals surface area contributed by atoms with Crippen LogP contribution in [0.4, 0.5) is 11.7 Å². The van der Waals surface area contributed by atoms with Crippen molar-refractivity contribution in [3.05, 3.63) is 35.7 Å². The van der Waals surface area contributed by atoms with Gasteiger partial charge in [-0.2, -0.15) is 0 Å². The molecule has 0 aliphatic carbocycles. The van der Waals surface area contributed by atoms with Crippen molar-refractivity contribution in [1.29, 1.82) is 0 Å². The van der Waals surface area contributed by atoms with Gasteiger partial charge in [0.25, 0.3) is 0 Å². The zero-order valence-electron chi connectivity index (χ0n) is 10.6. The maximum absolute atomic E-state index is 5.85. The van der Waals surface area contributed by atoms with Gasteiger partial charge in [0.1, 0.15) is 5.38 Å². The van der Waals surface area contributed by atoms with Crippen LogP contribution in [0.1, 0.15) is 43.5 Å². The van der Waals surface area contributed by atoms with Gasteiger partial charge < -0.3 is 9.73 Å². The van der Waals surface area contributed by atoms with Crippen molar-refractivity contribution in [1.82, 2.24) is 10.2 Å². The Balaban J connectivity index is 2.08. The Hall–Kier alpha value is -1.55. The summed E-state index contributed by atoms with van der Waals surface area (Å²) in [5, 5.41) is 10.5. The minimum Gasteiger partial charge on any atom is -0.406 e. The van der Waals surface area contributed by atoms with E-state index < -0.39 is 0 Å². The van der Waals surface area contributed by atoms with Crippen LogP contribution in [0.25, 0.3) is 0 Å². The number of benzene rings is 1. The molecule has 4 nitrogen and oxygen atoms in total. The van der Waals surface area contributed by atoms with Gasteiger partial charge in [-0.1, -0.05) is 31.1 Å². The Bertz CT molecular complexity index is 505. The highest BCUT2D eigenvalue weighted by atomic mass is 35.5. The predicted octanol–water partition coefficient (Wildman–Crippen LogP) is 4.24. The summed E-state index contributed by atoms with van der Waals surface area (Å²) in [4.78, 5) is 0. The third-order valence-corrected chi connectivity index (χ3v) is 2.80. The molecule has 1 aromatic carbocycles. The van der Waals surface area contributed by atoms with Crippen LogP contribution in [0, 0.1) is 0 Å². The topological polar surface area (TPSA) is 51.0 Å². The van der Waals surface area contributed by atoms with E-state index in [-0.39, 0.29) is 5.38 Å². The second-order valence-corrected chi connectivity index (χ2v) is 5.12. The van der Waals surface area contributed by atoms with Crippen LogP contribution in [0.5, 0.6) is 0 Å². The Morgan fingerprint density at radius 3 is 2.28 bits per heavy atom. The molecular weight excluding hydrogens is 250 g/mol. The lowest BCUT2D eigenvalue weighted by molar-refractivity contribution is 0.510. The highest BCUT2D eigenvalue weighted by molar-refractivity contribution is 6.20. The molecular formula is C13H16ClN3O. The fourth-order valence-corrected chi connectivity index (χ4v) is 1.61. The number of anilines is 2. The van der Waals surface area contributed by atoms with E-state index in [0.717, 1.165) is 5.69 Å². The molecule has 1 heterocycles. The fraction of sp³-hybridized carbons (Fsp3) is 0.385. The van der Waals surface area contributed by atoms with Gasteiger partial charge in [0, 0.05) is 5.69 Å². The average molecular weight is 266 g/mol. The van der Waals surface area contributed by atoms with Crippen LogP contribution in [-0.2, 0) is 0 Å². The Labute approximate surface area is 111 Å². The van der Waals surface area contributed by atoms with Crippen molar-refractivity contribution in [3.63, 3.8) is 0 Å². The van der Waals surface area contributed by atoms with Gasteiger partial charge >= 0.3 is 6.01 Å². The molecule has 0 amide bonds. The lowest BCUT2D eigenvalue weighted by atomic mass is 10.0. The monoisotopic (exact) mass is 265 g/mol. The van der Waals surface area contributed by atoms with E-state index in [2.05, 4.69) is 41.5 Å². The van der Waals surface area contributed by atoms with Crippen molar-refractivity contribution >= 4 is 23.3 Å². The fourth-order valence-electron chi connectivity index (χ4n) is 1.52. The summed E-state index contributed by atoms with van der Waals surface area (Å²) in [6, 6.07) is 8.49. The third kappa shape index (κ3) is 3.01. The summed E-state index contributed by atoms with van der Waals surface area (Å²) in [5.74, 6) is 0.934. The van der Waals surface area contributed by atoms with Crippen LogP contribution in [-0.4, -0.2) is 10.2 Å². The highest BCUT2D eigenvalue weighted by Crippen LogP contribution is 2.23. The number of hydrogen-bond acceptors (Lipinski definition) is 4. The summed E-state index contributed by atoms with van der Waals surface area (Å²) in [5.41, 5.74) is 2.21. The third-order valence-electron chi connectivity index (χ3n) is 2.61. The average Bonchev–Trinajstić information content (AvgIpc) is 2.78. The molecule has 0 aliphatic rings. The standard InChI is InChI=1S/C13H16ClN3O/c1-8(2)10-4-6-11(7-5-10)15-13-17-16-12(18-13)9(3)14/h4-9H,1-3H3,(H,15,17). The second-order valence-electron chi connectivity index (χ2n) is 4.46. The molecule has 96 valence electrons. The van der Waals surface area contributed by atoms with Crippen LogP contribution in [0.15, 0.2) is 28.7 Å². The molecule has 2 rings (SSSR count). The van der Waals surface area contributed by atoms with Gasteiger partial charge in [0.05, 0.1) is 0 Å². The van der Waals surface area contributed by atoms with Gasteiger partial charge in [0.2, 0.25) is 5.89 Å². The maximum Gasteiger partial charge on any atom is 0.320 e.